The average Bonchev–Trinajstić information content (AvgIpc) is 2.71. The van der Waals surface area contributed by atoms with Gasteiger partial charge in [0, 0.05) is 4.75 Å². The molecule has 1 aliphatic carbocycles. The molecule has 1 rings (SSSR count). The molecule has 0 saturated heterocycles. The van der Waals surface area contributed by atoms with Gasteiger partial charge in [-0.25, -0.2) is 0 Å². The molecule has 2 heteroatoms. The van der Waals surface area contributed by atoms with E-state index in [2.05, 4.69) is 20.8 Å². The normalized spacial score (nSPS) is 24.0. The van der Waals surface area contributed by atoms with Crippen molar-refractivity contribution in [3.8, 4) is 0 Å². The van der Waals surface area contributed by atoms with E-state index in [1.54, 1.807) is 0 Å². The lowest BCUT2D eigenvalue weighted by molar-refractivity contribution is 0.306. The molecular weight excluding hydrogens is 207 g/mol. The summed E-state index contributed by atoms with van der Waals surface area (Å²) < 4.78 is 12.9. The first-order chi connectivity index (χ1) is 7.11. The summed E-state index contributed by atoms with van der Waals surface area (Å²) in [5, 5.41) is 0. The molecule has 1 aliphatic rings. The Morgan fingerprint density at radius 3 is 2.47 bits per heavy atom. The molecule has 0 aromatic carbocycles. The molecule has 0 spiro atoms. The SMILES string of the molecule is CCCC(C)(CC(C)C1CCCC1)SF. The minimum absolute atomic E-state index is 0.128. The summed E-state index contributed by atoms with van der Waals surface area (Å²) in [5.74, 6) is 1.57. The fourth-order valence-corrected chi connectivity index (χ4v) is 3.68. The molecule has 0 radical (unpaired) electrons. The van der Waals surface area contributed by atoms with Crippen molar-refractivity contribution in [3.05, 3.63) is 0 Å². The zero-order valence-electron chi connectivity index (χ0n) is 10.4. The highest BCUT2D eigenvalue weighted by molar-refractivity contribution is 7.95. The Labute approximate surface area is 98.7 Å². The summed E-state index contributed by atoms with van der Waals surface area (Å²) in [6.07, 6.45) is 8.67. The van der Waals surface area contributed by atoms with Crippen molar-refractivity contribution in [1.82, 2.24) is 0 Å². The third-order valence-electron chi connectivity index (χ3n) is 3.92. The van der Waals surface area contributed by atoms with Gasteiger partial charge in [0.15, 0.2) is 0 Å². The Kier molecular flexibility index (Phi) is 5.45. The number of halogens is 1. The first kappa shape index (κ1) is 13.3. The second-order valence-corrected chi connectivity index (χ2v) is 6.64. The van der Waals surface area contributed by atoms with Gasteiger partial charge in [-0.2, -0.15) is 3.89 Å². The van der Waals surface area contributed by atoms with Crippen molar-refractivity contribution in [2.45, 2.75) is 70.5 Å². The molecule has 0 heterocycles. The lowest BCUT2D eigenvalue weighted by Crippen LogP contribution is -2.24. The van der Waals surface area contributed by atoms with Crippen LogP contribution in [0.5, 0.6) is 0 Å². The summed E-state index contributed by atoms with van der Waals surface area (Å²) >= 11 is 0.584. The van der Waals surface area contributed by atoms with E-state index in [0.717, 1.165) is 25.2 Å². The van der Waals surface area contributed by atoms with Crippen LogP contribution in [0.15, 0.2) is 0 Å². The van der Waals surface area contributed by atoms with Crippen LogP contribution < -0.4 is 0 Å². The highest BCUT2D eigenvalue weighted by atomic mass is 32.2. The van der Waals surface area contributed by atoms with Crippen molar-refractivity contribution in [2.75, 3.05) is 0 Å². The predicted octanol–water partition coefficient (Wildman–Crippen LogP) is 5.38. The van der Waals surface area contributed by atoms with Gasteiger partial charge < -0.3 is 0 Å². The minimum Gasteiger partial charge on any atom is -0.165 e. The van der Waals surface area contributed by atoms with Gasteiger partial charge in [0.25, 0.3) is 0 Å². The van der Waals surface area contributed by atoms with Crippen molar-refractivity contribution in [1.29, 1.82) is 0 Å². The fourth-order valence-electron chi connectivity index (χ4n) is 3.08. The van der Waals surface area contributed by atoms with E-state index in [-0.39, 0.29) is 4.75 Å². The third-order valence-corrected chi connectivity index (χ3v) is 4.67. The second kappa shape index (κ2) is 6.12. The highest BCUT2D eigenvalue weighted by Crippen LogP contribution is 2.42. The molecule has 0 nitrogen and oxygen atoms in total. The van der Waals surface area contributed by atoms with Crippen LogP contribution in [0.2, 0.25) is 0 Å². The van der Waals surface area contributed by atoms with Gasteiger partial charge >= 0.3 is 0 Å². The van der Waals surface area contributed by atoms with E-state index >= 15 is 0 Å². The largest absolute Gasteiger partial charge is 0.165 e. The van der Waals surface area contributed by atoms with Gasteiger partial charge in [-0.05, 0) is 31.6 Å². The lowest BCUT2D eigenvalue weighted by atomic mass is 9.83. The van der Waals surface area contributed by atoms with Gasteiger partial charge in [0.2, 0.25) is 0 Å². The molecule has 1 saturated carbocycles. The van der Waals surface area contributed by atoms with E-state index in [1.807, 2.05) is 0 Å². The monoisotopic (exact) mass is 232 g/mol. The Balaban J connectivity index is 2.42. The Bertz CT molecular complexity index is 177. The van der Waals surface area contributed by atoms with Gasteiger partial charge in [-0.1, -0.05) is 46.0 Å². The second-order valence-electron chi connectivity index (χ2n) is 5.50. The van der Waals surface area contributed by atoms with Crippen LogP contribution in [0.1, 0.15) is 65.7 Å². The van der Waals surface area contributed by atoms with Crippen LogP contribution in [-0.4, -0.2) is 4.75 Å². The Morgan fingerprint density at radius 2 is 2.00 bits per heavy atom. The zero-order chi connectivity index (χ0) is 11.3. The Morgan fingerprint density at radius 1 is 1.40 bits per heavy atom. The van der Waals surface area contributed by atoms with Crippen LogP contribution in [0.25, 0.3) is 0 Å². The molecule has 0 aromatic heterocycles. The molecule has 2 unspecified atom stereocenters. The summed E-state index contributed by atoms with van der Waals surface area (Å²) in [6, 6.07) is 0. The molecule has 0 bridgehead atoms. The topological polar surface area (TPSA) is 0 Å². The highest BCUT2D eigenvalue weighted by Gasteiger charge is 2.31. The number of hydrogen-bond acceptors (Lipinski definition) is 1. The Hall–Kier alpha value is 0.280. The molecular formula is C13H25FS. The quantitative estimate of drug-likeness (QED) is 0.592. The third kappa shape index (κ3) is 3.97. The average molecular weight is 232 g/mol. The fraction of sp³-hybridized carbons (Fsp3) is 1.00. The molecule has 1 fully saturated rings. The molecule has 0 aliphatic heterocycles. The van der Waals surface area contributed by atoms with Gasteiger partial charge in [-0.15, -0.1) is 0 Å². The van der Waals surface area contributed by atoms with Crippen molar-refractivity contribution >= 4 is 12.1 Å². The first-order valence-electron chi connectivity index (χ1n) is 6.41. The van der Waals surface area contributed by atoms with Crippen LogP contribution in [0.4, 0.5) is 3.89 Å². The smallest absolute Gasteiger partial charge is 0.0508 e. The van der Waals surface area contributed by atoms with E-state index in [4.69, 9.17) is 0 Å². The van der Waals surface area contributed by atoms with Crippen LogP contribution in [0.3, 0.4) is 0 Å². The van der Waals surface area contributed by atoms with E-state index < -0.39 is 0 Å². The standard InChI is InChI=1S/C13H25FS/c1-4-9-13(3,15-14)10-11(2)12-7-5-6-8-12/h11-12H,4-10H2,1-3H3. The van der Waals surface area contributed by atoms with Crippen molar-refractivity contribution < 1.29 is 3.89 Å². The van der Waals surface area contributed by atoms with Gasteiger partial charge in [0.1, 0.15) is 0 Å². The van der Waals surface area contributed by atoms with Crippen molar-refractivity contribution in [3.63, 3.8) is 0 Å². The molecule has 0 N–H and O–H groups in total. The predicted molar refractivity (Wildman–Crippen MR) is 67.8 cm³/mol. The van der Waals surface area contributed by atoms with Crippen molar-refractivity contribution in [2.24, 2.45) is 11.8 Å². The van der Waals surface area contributed by atoms with Crippen LogP contribution in [-0.2, 0) is 0 Å². The molecule has 15 heavy (non-hydrogen) atoms. The molecule has 0 amide bonds. The van der Waals surface area contributed by atoms with Gasteiger partial charge in [0.05, 0.1) is 12.1 Å². The lowest BCUT2D eigenvalue weighted by Gasteiger charge is -2.30. The maximum Gasteiger partial charge on any atom is 0.0508 e. The van der Waals surface area contributed by atoms with E-state index in [1.165, 1.54) is 25.7 Å². The first-order valence-corrected chi connectivity index (χ1v) is 7.12. The zero-order valence-corrected chi connectivity index (χ0v) is 11.2. The number of hydrogen-bond donors (Lipinski definition) is 0. The van der Waals surface area contributed by atoms with E-state index in [9.17, 15) is 3.89 Å². The van der Waals surface area contributed by atoms with Crippen LogP contribution in [0, 0.1) is 11.8 Å². The maximum atomic E-state index is 13.0. The summed E-state index contributed by atoms with van der Waals surface area (Å²) in [4.78, 5) is 0. The molecule has 2 atom stereocenters. The van der Waals surface area contributed by atoms with Crippen LogP contribution >= 0.6 is 12.1 Å². The number of rotatable bonds is 6. The summed E-state index contributed by atoms with van der Waals surface area (Å²) in [5.41, 5.74) is 0. The summed E-state index contributed by atoms with van der Waals surface area (Å²) in [6.45, 7) is 6.56. The minimum atomic E-state index is -0.128. The molecule has 0 aromatic rings. The van der Waals surface area contributed by atoms with Gasteiger partial charge in [-0.3, -0.25) is 0 Å². The molecule has 90 valence electrons. The van der Waals surface area contributed by atoms with E-state index in [0.29, 0.717) is 18.1 Å². The maximum absolute atomic E-state index is 13.0. The summed E-state index contributed by atoms with van der Waals surface area (Å²) in [7, 11) is 0.